The minimum atomic E-state index is -0.696. The molecule has 0 aliphatic heterocycles. The number of benzene rings is 1. The van der Waals surface area contributed by atoms with Crippen molar-refractivity contribution >= 4 is 5.91 Å². The van der Waals surface area contributed by atoms with Gasteiger partial charge in [-0.3, -0.25) is 4.79 Å². The van der Waals surface area contributed by atoms with Crippen molar-refractivity contribution in [1.29, 1.82) is 0 Å². The lowest BCUT2D eigenvalue weighted by Crippen LogP contribution is -2.39. The minimum Gasteiger partial charge on any atom is -0.393 e. The average Bonchev–Trinajstić information content (AvgIpc) is 2.26. The Kier molecular flexibility index (Phi) is 4.07. The van der Waals surface area contributed by atoms with Crippen LogP contribution in [0.25, 0.3) is 0 Å². The molecule has 0 aliphatic rings. The summed E-state index contributed by atoms with van der Waals surface area (Å²) >= 11 is 0. The molecule has 1 amide bonds. The van der Waals surface area contributed by atoms with E-state index in [-0.39, 0.29) is 5.91 Å². The molecule has 0 aliphatic carbocycles. The zero-order valence-electron chi connectivity index (χ0n) is 9.81. The first-order valence-corrected chi connectivity index (χ1v) is 5.50. The zero-order chi connectivity index (χ0) is 12.2. The summed E-state index contributed by atoms with van der Waals surface area (Å²) in [6, 6.07) is 9.47. The number of nitrogens with two attached hydrogens (primary N) is 1. The Morgan fingerprint density at radius 1 is 1.44 bits per heavy atom. The molecule has 2 atom stereocenters. The summed E-state index contributed by atoms with van der Waals surface area (Å²) in [6.07, 6.45) is 0.709. The Morgan fingerprint density at radius 2 is 2.00 bits per heavy atom. The Balaban J connectivity index is 2.93. The molecule has 0 aromatic heterocycles. The van der Waals surface area contributed by atoms with Crippen LogP contribution in [-0.4, -0.2) is 17.1 Å². The summed E-state index contributed by atoms with van der Waals surface area (Å²) in [5.41, 5.74) is 5.68. The predicted molar refractivity (Wildman–Crippen MR) is 63.9 cm³/mol. The van der Waals surface area contributed by atoms with E-state index in [1.807, 2.05) is 37.3 Å². The first-order valence-electron chi connectivity index (χ1n) is 5.50. The highest BCUT2D eigenvalue weighted by molar-refractivity contribution is 5.86. The van der Waals surface area contributed by atoms with E-state index < -0.39 is 11.5 Å². The third-order valence-electron chi connectivity index (χ3n) is 3.02. The second-order valence-electron chi connectivity index (χ2n) is 4.45. The largest absolute Gasteiger partial charge is 0.393 e. The van der Waals surface area contributed by atoms with E-state index in [4.69, 9.17) is 5.73 Å². The molecule has 0 spiro atoms. The number of hydrogen-bond donors (Lipinski definition) is 2. The SMILES string of the molecule is CC(O)CCC(C)(C(N)=O)c1ccccc1. The van der Waals surface area contributed by atoms with Gasteiger partial charge in [0.15, 0.2) is 0 Å². The van der Waals surface area contributed by atoms with Crippen LogP contribution in [0.1, 0.15) is 32.3 Å². The van der Waals surface area contributed by atoms with Gasteiger partial charge in [0, 0.05) is 0 Å². The van der Waals surface area contributed by atoms with E-state index in [9.17, 15) is 9.90 Å². The molecular formula is C13H19NO2. The molecule has 3 N–H and O–H groups in total. The van der Waals surface area contributed by atoms with E-state index in [2.05, 4.69) is 0 Å². The maximum Gasteiger partial charge on any atom is 0.227 e. The molecule has 0 radical (unpaired) electrons. The predicted octanol–water partition coefficient (Wildman–Crippen LogP) is 1.59. The molecule has 0 saturated carbocycles. The first-order chi connectivity index (χ1) is 7.47. The van der Waals surface area contributed by atoms with Crippen LogP contribution in [0.3, 0.4) is 0 Å². The van der Waals surface area contributed by atoms with Gasteiger partial charge < -0.3 is 10.8 Å². The second-order valence-corrected chi connectivity index (χ2v) is 4.45. The highest BCUT2D eigenvalue weighted by Gasteiger charge is 2.32. The van der Waals surface area contributed by atoms with Crippen LogP contribution in [0.2, 0.25) is 0 Å². The number of hydrogen-bond acceptors (Lipinski definition) is 2. The fourth-order valence-corrected chi connectivity index (χ4v) is 1.71. The molecule has 0 bridgehead atoms. The van der Waals surface area contributed by atoms with Crippen LogP contribution in [0.4, 0.5) is 0 Å². The number of aliphatic hydroxyl groups excluding tert-OH is 1. The normalized spacial score (nSPS) is 16.4. The number of carbonyl (C=O) groups excluding carboxylic acids is 1. The van der Waals surface area contributed by atoms with Gasteiger partial charge in [0.1, 0.15) is 0 Å². The van der Waals surface area contributed by atoms with Gasteiger partial charge in [-0.15, -0.1) is 0 Å². The monoisotopic (exact) mass is 221 g/mol. The third-order valence-corrected chi connectivity index (χ3v) is 3.02. The second kappa shape index (κ2) is 5.12. The Labute approximate surface area is 96.3 Å². The topological polar surface area (TPSA) is 63.3 Å². The molecule has 1 rings (SSSR count). The summed E-state index contributed by atoms with van der Waals surface area (Å²) in [5, 5.41) is 9.29. The lowest BCUT2D eigenvalue weighted by molar-refractivity contribution is -0.123. The molecule has 0 saturated heterocycles. The molecule has 3 heteroatoms. The highest BCUT2D eigenvalue weighted by atomic mass is 16.3. The van der Waals surface area contributed by atoms with Gasteiger partial charge in [-0.1, -0.05) is 30.3 Å². The number of aliphatic hydroxyl groups is 1. The Bertz CT molecular complexity index is 348. The van der Waals surface area contributed by atoms with Crippen molar-refractivity contribution in [3.63, 3.8) is 0 Å². The van der Waals surface area contributed by atoms with E-state index in [0.29, 0.717) is 12.8 Å². The number of primary amides is 1. The average molecular weight is 221 g/mol. The maximum absolute atomic E-state index is 11.6. The van der Waals surface area contributed by atoms with Gasteiger partial charge in [0.2, 0.25) is 5.91 Å². The summed E-state index contributed by atoms with van der Waals surface area (Å²) in [5.74, 6) is -0.348. The van der Waals surface area contributed by atoms with Gasteiger partial charge >= 0.3 is 0 Å². The van der Waals surface area contributed by atoms with Gasteiger partial charge in [0.25, 0.3) is 0 Å². The van der Waals surface area contributed by atoms with Gasteiger partial charge in [-0.05, 0) is 32.3 Å². The molecule has 1 aromatic carbocycles. The maximum atomic E-state index is 11.6. The summed E-state index contributed by atoms with van der Waals surface area (Å²) < 4.78 is 0. The fourth-order valence-electron chi connectivity index (χ4n) is 1.71. The number of rotatable bonds is 5. The fraction of sp³-hybridized carbons (Fsp3) is 0.462. The summed E-state index contributed by atoms with van der Waals surface area (Å²) in [6.45, 7) is 3.54. The molecule has 1 aromatic rings. The lowest BCUT2D eigenvalue weighted by atomic mass is 9.77. The van der Waals surface area contributed by atoms with E-state index >= 15 is 0 Å². The van der Waals surface area contributed by atoms with Crippen molar-refractivity contribution in [2.24, 2.45) is 5.73 Å². The minimum absolute atomic E-state index is 0.348. The van der Waals surface area contributed by atoms with Crippen molar-refractivity contribution in [1.82, 2.24) is 0 Å². The molecule has 2 unspecified atom stereocenters. The Morgan fingerprint density at radius 3 is 2.44 bits per heavy atom. The van der Waals surface area contributed by atoms with Crippen LogP contribution in [0.15, 0.2) is 30.3 Å². The quantitative estimate of drug-likeness (QED) is 0.793. The molecule has 16 heavy (non-hydrogen) atoms. The van der Waals surface area contributed by atoms with Crippen LogP contribution < -0.4 is 5.73 Å². The van der Waals surface area contributed by atoms with Crippen molar-refractivity contribution < 1.29 is 9.90 Å². The van der Waals surface area contributed by atoms with Gasteiger partial charge in [-0.25, -0.2) is 0 Å². The molecule has 0 heterocycles. The molecule has 0 fully saturated rings. The number of carbonyl (C=O) groups is 1. The molecule has 88 valence electrons. The van der Waals surface area contributed by atoms with Crippen LogP contribution in [0.5, 0.6) is 0 Å². The standard InChI is InChI=1S/C13H19NO2/c1-10(15)8-9-13(2,12(14)16)11-6-4-3-5-7-11/h3-7,10,15H,8-9H2,1-2H3,(H2,14,16). The highest BCUT2D eigenvalue weighted by Crippen LogP contribution is 2.29. The van der Waals surface area contributed by atoms with Crippen molar-refractivity contribution in [2.75, 3.05) is 0 Å². The van der Waals surface area contributed by atoms with Crippen LogP contribution in [0, 0.1) is 0 Å². The lowest BCUT2D eigenvalue weighted by Gasteiger charge is -2.27. The first kappa shape index (κ1) is 12.7. The van der Waals surface area contributed by atoms with Crippen molar-refractivity contribution in [3.05, 3.63) is 35.9 Å². The van der Waals surface area contributed by atoms with Crippen LogP contribution >= 0.6 is 0 Å². The van der Waals surface area contributed by atoms with E-state index in [1.165, 1.54) is 0 Å². The smallest absolute Gasteiger partial charge is 0.227 e. The molecular weight excluding hydrogens is 202 g/mol. The van der Waals surface area contributed by atoms with E-state index in [1.54, 1.807) is 6.92 Å². The van der Waals surface area contributed by atoms with Crippen molar-refractivity contribution in [3.8, 4) is 0 Å². The van der Waals surface area contributed by atoms with Crippen LogP contribution in [-0.2, 0) is 10.2 Å². The Hall–Kier alpha value is -1.35. The van der Waals surface area contributed by atoms with E-state index in [0.717, 1.165) is 5.56 Å². The summed E-state index contributed by atoms with van der Waals surface area (Å²) in [4.78, 5) is 11.6. The van der Waals surface area contributed by atoms with Gasteiger partial charge in [0.05, 0.1) is 11.5 Å². The summed E-state index contributed by atoms with van der Waals surface area (Å²) in [7, 11) is 0. The number of amides is 1. The third kappa shape index (κ3) is 2.83. The molecule has 3 nitrogen and oxygen atoms in total. The van der Waals surface area contributed by atoms with Crippen molar-refractivity contribution in [2.45, 2.75) is 38.2 Å². The van der Waals surface area contributed by atoms with Gasteiger partial charge in [-0.2, -0.15) is 0 Å². The zero-order valence-corrected chi connectivity index (χ0v) is 9.81.